The van der Waals surface area contributed by atoms with Crippen LogP contribution in [0.1, 0.15) is 54.4 Å². The fourth-order valence-corrected chi connectivity index (χ4v) is 4.20. The summed E-state index contributed by atoms with van der Waals surface area (Å²) in [6.07, 6.45) is 1.25. The number of carbonyl (C=O) groups excluding carboxylic acids is 2. The SMILES string of the molecule is CC(C)(C)CC(C(=O)OC1C2CC3C(=O)OC1C32)C(C)(C)C. The monoisotopic (exact) mass is 308 g/mol. The van der Waals surface area contributed by atoms with Crippen LogP contribution in [0.3, 0.4) is 0 Å². The quantitative estimate of drug-likeness (QED) is 0.751. The van der Waals surface area contributed by atoms with Crippen molar-refractivity contribution < 1.29 is 19.1 Å². The van der Waals surface area contributed by atoms with Crippen LogP contribution in [0.5, 0.6) is 0 Å². The molecule has 3 aliphatic rings. The predicted octanol–water partition coefficient (Wildman–Crippen LogP) is 3.19. The van der Waals surface area contributed by atoms with Crippen LogP contribution in [-0.4, -0.2) is 24.1 Å². The Kier molecular flexibility index (Phi) is 3.39. The third-order valence-electron chi connectivity index (χ3n) is 5.56. The fraction of sp³-hybridized carbons (Fsp3) is 0.889. The summed E-state index contributed by atoms with van der Waals surface area (Å²) in [5, 5.41) is 0. The van der Waals surface area contributed by atoms with E-state index < -0.39 is 0 Å². The highest BCUT2D eigenvalue weighted by Gasteiger charge is 2.71. The van der Waals surface area contributed by atoms with Crippen molar-refractivity contribution in [1.82, 2.24) is 0 Å². The van der Waals surface area contributed by atoms with Gasteiger partial charge < -0.3 is 9.47 Å². The van der Waals surface area contributed by atoms with Crippen LogP contribution in [0.2, 0.25) is 0 Å². The molecule has 124 valence electrons. The largest absolute Gasteiger partial charge is 0.458 e. The lowest BCUT2D eigenvalue weighted by atomic mass is 9.51. The van der Waals surface area contributed by atoms with Gasteiger partial charge in [-0.1, -0.05) is 41.5 Å². The molecule has 1 heterocycles. The maximum Gasteiger partial charge on any atom is 0.309 e. The van der Waals surface area contributed by atoms with Gasteiger partial charge in [0.05, 0.1) is 11.8 Å². The van der Waals surface area contributed by atoms with Gasteiger partial charge in [-0.15, -0.1) is 0 Å². The second-order valence-corrected chi connectivity index (χ2v) is 9.57. The second kappa shape index (κ2) is 4.72. The van der Waals surface area contributed by atoms with Crippen molar-refractivity contribution in [3.8, 4) is 0 Å². The molecular weight excluding hydrogens is 280 g/mol. The van der Waals surface area contributed by atoms with Crippen molar-refractivity contribution in [3.63, 3.8) is 0 Å². The van der Waals surface area contributed by atoms with Crippen LogP contribution >= 0.6 is 0 Å². The highest BCUT2D eigenvalue weighted by molar-refractivity contribution is 5.79. The van der Waals surface area contributed by atoms with Crippen LogP contribution in [0, 0.1) is 34.5 Å². The summed E-state index contributed by atoms with van der Waals surface area (Å²) in [7, 11) is 0. The predicted molar refractivity (Wildman–Crippen MR) is 81.9 cm³/mol. The minimum atomic E-state index is -0.204. The topological polar surface area (TPSA) is 52.6 Å². The molecule has 0 aromatic rings. The lowest BCUT2D eigenvalue weighted by Gasteiger charge is -2.54. The normalized spacial score (nSPS) is 37.5. The Balaban J connectivity index is 1.66. The average molecular weight is 308 g/mol. The van der Waals surface area contributed by atoms with Gasteiger partial charge >= 0.3 is 11.9 Å². The Morgan fingerprint density at radius 2 is 1.91 bits per heavy atom. The number of hydrogen-bond acceptors (Lipinski definition) is 4. The zero-order chi connectivity index (χ0) is 16.4. The van der Waals surface area contributed by atoms with Gasteiger partial charge in [0.2, 0.25) is 0 Å². The molecule has 22 heavy (non-hydrogen) atoms. The van der Waals surface area contributed by atoms with E-state index in [0.717, 1.165) is 12.8 Å². The number of esters is 2. The van der Waals surface area contributed by atoms with Crippen molar-refractivity contribution in [2.75, 3.05) is 0 Å². The van der Waals surface area contributed by atoms with E-state index in [9.17, 15) is 9.59 Å². The van der Waals surface area contributed by atoms with Gasteiger partial charge in [0.25, 0.3) is 0 Å². The Morgan fingerprint density at radius 3 is 2.45 bits per heavy atom. The standard InChI is InChI=1S/C18H28O4/c1-17(2,3)8-11(18(4,5)6)16(20)21-13-9-7-10-12(9)14(13)22-15(10)19/h9-14H,7-8H2,1-6H3. The molecule has 0 N–H and O–H groups in total. The van der Waals surface area contributed by atoms with E-state index in [1.54, 1.807) is 0 Å². The third-order valence-corrected chi connectivity index (χ3v) is 5.56. The van der Waals surface area contributed by atoms with Gasteiger partial charge in [0.1, 0.15) is 12.2 Å². The minimum absolute atomic E-state index is 0.0699. The minimum Gasteiger partial charge on any atom is -0.458 e. The van der Waals surface area contributed by atoms with Crippen molar-refractivity contribution in [3.05, 3.63) is 0 Å². The maximum atomic E-state index is 12.7. The van der Waals surface area contributed by atoms with Gasteiger partial charge in [-0.25, -0.2) is 0 Å². The third kappa shape index (κ3) is 2.44. The molecule has 3 fully saturated rings. The van der Waals surface area contributed by atoms with E-state index in [1.165, 1.54) is 0 Å². The molecule has 0 aromatic carbocycles. The molecule has 1 saturated heterocycles. The van der Waals surface area contributed by atoms with Gasteiger partial charge in [-0.05, 0) is 23.7 Å². The van der Waals surface area contributed by atoms with E-state index >= 15 is 0 Å². The van der Waals surface area contributed by atoms with E-state index in [0.29, 0.717) is 11.8 Å². The maximum absolute atomic E-state index is 12.7. The summed E-state index contributed by atoms with van der Waals surface area (Å²) >= 11 is 0. The zero-order valence-electron chi connectivity index (χ0n) is 14.5. The molecule has 0 bridgehead atoms. The first-order valence-electron chi connectivity index (χ1n) is 8.40. The first-order chi connectivity index (χ1) is 9.99. The zero-order valence-corrected chi connectivity index (χ0v) is 14.5. The van der Waals surface area contributed by atoms with Gasteiger partial charge in [-0.3, -0.25) is 9.59 Å². The van der Waals surface area contributed by atoms with E-state index in [-0.39, 0.29) is 46.8 Å². The molecule has 0 amide bonds. The molecule has 4 nitrogen and oxygen atoms in total. The lowest BCUT2D eigenvalue weighted by Crippen LogP contribution is -2.63. The summed E-state index contributed by atoms with van der Waals surface area (Å²) in [6.45, 7) is 12.7. The van der Waals surface area contributed by atoms with Crippen molar-refractivity contribution >= 4 is 11.9 Å². The molecule has 0 spiro atoms. The van der Waals surface area contributed by atoms with Crippen molar-refractivity contribution in [2.24, 2.45) is 34.5 Å². The summed E-state index contributed by atoms with van der Waals surface area (Å²) < 4.78 is 11.2. The number of hydrogen-bond donors (Lipinski definition) is 0. The van der Waals surface area contributed by atoms with Crippen LogP contribution in [0.25, 0.3) is 0 Å². The Hall–Kier alpha value is -1.06. The summed E-state index contributed by atoms with van der Waals surface area (Å²) in [5.74, 6) is 0.392. The molecule has 4 heteroatoms. The number of rotatable bonds is 3. The number of carbonyl (C=O) groups is 2. The first-order valence-corrected chi connectivity index (χ1v) is 8.40. The van der Waals surface area contributed by atoms with E-state index in [4.69, 9.17) is 9.47 Å². The molecule has 0 aromatic heterocycles. The summed E-state index contributed by atoms with van der Waals surface area (Å²) in [4.78, 5) is 24.4. The van der Waals surface area contributed by atoms with Gasteiger partial charge in [0.15, 0.2) is 0 Å². The smallest absolute Gasteiger partial charge is 0.309 e. The second-order valence-electron chi connectivity index (χ2n) is 9.57. The van der Waals surface area contributed by atoms with Gasteiger partial charge in [0, 0.05) is 11.8 Å². The molecule has 2 saturated carbocycles. The molecule has 0 radical (unpaired) electrons. The van der Waals surface area contributed by atoms with E-state index in [1.807, 2.05) is 0 Å². The molecule has 3 rings (SSSR count). The number of ether oxygens (including phenoxy) is 2. The van der Waals surface area contributed by atoms with Crippen LogP contribution in [0.4, 0.5) is 0 Å². The molecule has 6 unspecified atom stereocenters. The summed E-state index contributed by atoms with van der Waals surface area (Å²) in [5.41, 5.74) is -0.0669. The highest BCUT2D eigenvalue weighted by Crippen LogP contribution is 2.61. The Bertz CT molecular complexity index is 496. The highest BCUT2D eigenvalue weighted by atomic mass is 16.6. The summed E-state index contributed by atoms with van der Waals surface area (Å²) in [6, 6.07) is 0. The van der Waals surface area contributed by atoms with Crippen LogP contribution in [-0.2, 0) is 19.1 Å². The molecule has 6 atom stereocenters. The molecule has 1 aliphatic heterocycles. The van der Waals surface area contributed by atoms with Crippen molar-refractivity contribution in [1.29, 1.82) is 0 Å². The first kappa shape index (κ1) is 15.8. The molecular formula is C18H28O4. The molecule has 2 aliphatic carbocycles. The fourth-order valence-electron chi connectivity index (χ4n) is 4.20. The van der Waals surface area contributed by atoms with Crippen LogP contribution < -0.4 is 0 Å². The van der Waals surface area contributed by atoms with E-state index in [2.05, 4.69) is 41.5 Å². The average Bonchev–Trinajstić information content (AvgIpc) is 2.41. The van der Waals surface area contributed by atoms with Crippen molar-refractivity contribution in [2.45, 2.75) is 66.6 Å². The van der Waals surface area contributed by atoms with Crippen LogP contribution in [0.15, 0.2) is 0 Å². The Labute approximate surface area is 132 Å². The van der Waals surface area contributed by atoms with Gasteiger partial charge in [-0.2, -0.15) is 0 Å². The Morgan fingerprint density at radius 1 is 1.27 bits per heavy atom. The lowest BCUT2D eigenvalue weighted by molar-refractivity contribution is -0.213.